The van der Waals surface area contributed by atoms with Crippen molar-refractivity contribution in [1.82, 2.24) is 0 Å². The summed E-state index contributed by atoms with van der Waals surface area (Å²) in [5.74, 6) is 3.83. The minimum atomic E-state index is -0.135. The average Bonchev–Trinajstić information content (AvgIpc) is 2.62. The van der Waals surface area contributed by atoms with E-state index in [1.54, 1.807) is 0 Å². The van der Waals surface area contributed by atoms with Gasteiger partial charge < -0.3 is 4.74 Å². The van der Waals surface area contributed by atoms with Gasteiger partial charge in [0.1, 0.15) is 6.10 Å². The third kappa shape index (κ3) is 9.97. The summed E-state index contributed by atoms with van der Waals surface area (Å²) in [6, 6.07) is 0. The Bertz CT molecular complexity index is 349. The summed E-state index contributed by atoms with van der Waals surface area (Å²) in [7, 11) is 0. The van der Waals surface area contributed by atoms with Gasteiger partial charge in [-0.05, 0) is 62.2 Å². The molecule has 0 amide bonds. The lowest BCUT2D eigenvalue weighted by atomic mass is 9.73. The van der Waals surface area contributed by atoms with E-state index < -0.39 is 0 Å². The van der Waals surface area contributed by atoms with Gasteiger partial charge in [0, 0.05) is 6.92 Å². The van der Waals surface area contributed by atoms with Gasteiger partial charge in [0.15, 0.2) is 0 Å². The number of esters is 1. The molecule has 2 fully saturated rings. The molecule has 1 atom stereocenters. The molecule has 26 heavy (non-hydrogen) atoms. The highest BCUT2D eigenvalue weighted by molar-refractivity contribution is 5.66. The fraction of sp³-hybridized carbons (Fsp3) is 0.958. The van der Waals surface area contributed by atoms with Gasteiger partial charge in [-0.1, -0.05) is 72.6 Å². The lowest BCUT2D eigenvalue weighted by Gasteiger charge is -2.32. The van der Waals surface area contributed by atoms with Crippen LogP contribution in [0, 0.1) is 23.7 Å². The molecule has 0 heterocycles. The standard InChI is InChI=1S/C15H30.C9H16O2/c1-4-6-8-14(7-5-2)15-11-9-13(3)10-12-15;1-7-3-5-9(6-4-7)11-8(2)10/h13-15H,4-12H2,1-3H3;7,9H,3-6H2,1-2H3. The first-order chi connectivity index (χ1) is 12.5. The van der Waals surface area contributed by atoms with Crippen molar-refractivity contribution in [3.05, 3.63) is 0 Å². The Kier molecular flexibility index (Phi) is 12.3. The van der Waals surface area contributed by atoms with E-state index in [2.05, 4.69) is 27.7 Å². The Morgan fingerprint density at radius 2 is 1.38 bits per heavy atom. The van der Waals surface area contributed by atoms with Crippen molar-refractivity contribution in [2.45, 2.75) is 124 Å². The van der Waals surface area contributed by atoms with Crippen LogP contribution in [0.1, 0.15) is 118 Å². The van der Waals surface area contributed by atoms with Crippen LogP contribution in [0.5, 0.6) is 0 Å². The Morgan fingerprint density at radius 3 is 1.85 bits per heavy atom. The molecule has 0 N–H and O–H groups in total. The number of hydrogen-bond donors (Lipinski definition) is 0. The minimum absolute atomic E-state index is 0.135. The normalized spacial score (nSPS) is 30.0. The second-order valence-corrected chi connectivity index (χ2v) is 9.20. The Hall–Kier alpha value is -0.530. The van der Waals surface area contributed by atoms with Crippen LogP contribution in [0.2, 0.25) is 0 Å². The van der Waals surface area contributed by atoms with Crippen molar-refractivity contribution in [2.24, 2.45) is 23.7 Å². The van der Waals surface area contributed by atoms with Crippen molar-refractivity contribution in [3.63, 3.8) is 0 Å². The van der Waals surface area contributed by atoms with Crippen LogP contribution in [0.15, 0.2) is 0 Å². The van der Waals surface area contributed by atoms with Crippen LogP contribution in [-0.2, 0) is 9.53 Å². The monoisotopic (exact) mass is 366 g/mol. The molecule has 0 bridgehead atoms. The maximum Gasteiger partial charge on any atom is 0.302 e. The van der Waals surface area contributed by atoms with Crippen LogP contribution in [0.3, 0.4) is 0 Å². The minimum Gasteiger partial charge on any atom is -0.463 e. The van der Waals surface area contributed by atoms with E-state index in [0.717, 1.165) is 36.5 Å². The van der Waals surface area contributed by atoms with E-state index in [0.29, 0.717) is 0 Å². The van der Waals surface area contributed by atoms with Crippen molar-refractivity contribution >= 4 is 5.97 Å². The number of carbonyl (C=O) groups excluding carboxylic acids is 1. The van der Waals surface area contributed by atoms with Gasteiger partial charge >= 0.3 is 5.97 Å². The maximum atomic E-state index is 10.6. The van der Waals surface area contributed by atoms with Crippen molar-refractivity contribution in [3.8, 4) is 0 Å². The van der Waals surface area contributed by atoms with Crippen LogP contribution in [-0.4, -0.2) is 12.1 Å². The molecule has 1 unspecified atom stereocenters. The highest BCUT2D eigenvalue weighted by Crippen LogP contribution is 2.37. The van der Waals surface area contributed by atoms with E-state index in [9.17, 15) is 4.79 Å². The number of unbranched alkanes of at least 4 members (excludes halogenated alkanes) is 1. The summed E-state index contributed by atoms with van der Waals surface area (Å²) in [5.41, 5.74) is 0. The van der Waals surface area contributed by atoms with E-state index in [1.165, 1.54) is 77.6 Å². The molecule has 2 aliphatic rings. The molecular weight excluding hydrogens is 320 g/mol. The fourth-order valence-corrected chi connectivity index (χ4v) is 4.79. The maximum absolute atomic E-state index is 10.6. The first-order valence-electron chi connectivity index (χ1n) is 11.6. The van der Waals surface area contributed by atoms with E-state index in [-0.39, 0.29) is 12.1 Å². The molecule has 0 radical (unpaired) electrons. The van der Waals surface area contributed by atoms with Crippen molar-refractivity contribution in [1.29, 1.82) is 0 Å². The number of rotatable bonds is 7. The van der Waals surface area contributed by atoms with Gasteiger partial charge in [-0.2, -0.15) is 0 Å². The lowest BCUT2D eigenvalue weighted by molar-refractivity contribution is -0.148. The SMILES string of the molecule is CC(=O)OC1CCC(C)CC1.CCCCC(CCC)C1CCC(C)CC1. The first-order valence-corrected chi connectivity index (χ1v) is 11.6. The molecule has 2 saturated carbocycles. The molecule has 0 saturated heterocycles. The second kappa shape index (κ2) is 13.6. The number of carbonyl (C=O) groups is 1. The largest absolute Gasteiger partial charge is 0.463 e. The molecule has 2 rings (SSSR count). The summed E-state index contributed by atoms with van der Waals surface area (Å²) in [6.07, 6.45) is 18.0. The Labute approximate surface area is 163 Å². The molecule has 0 aliphatic heterocycles. The smallest absolute Gasteiger partial charge is 0.302 e. The topological polar surface area (TPSA) is 26.3 Å². The van der Waals surface area contributed by atoms with Crippen LogP contribution in [0.25, 0.3) is 0 Å². The zero-order valence-corrected chi connectivity index (χ0v) is 18.4. The summed E-state index contributed by atoms with van der Waals surface area (Å²) in [6.45, 7) is 10.8. The van der Waals surface area contributed by atoms with Crippen molar-refractivity contribution < 1.29 is 9.53 Å². The molecule has 0 aromatic rings. The van der Waals surface area contributed by atoms with Gasteiger partial charge in [0.05, 0.1) is 0 Å². The van der Waals surface area contributed by atoms with Gasteiger partial charge in [-0.3, -0.25) is 4.79 Å². The highest BCUT2D eigenvalue weighted by atomic mass is 16.5. The number of ether oxygens (including phenoxy) is 1. The molecule has 2 heteroatoms. The van der Waals surface area contributed by atoms with Crippen LogP contribution in [0.4, 0.5) is 0 Å². The highest BCUT2D eigenvalue weighted by Gasteiger charge is 2.24. The third-order valence-electron chi connectivity index (χ3n) is 6.61. The molecule has 0 aromatic heterocycles. The predicted molar refractivity (Wildman–Crippen MR) is 112 cm³/mol. The summed E-state index contributed by atoms with van der Waals surface area (Å²) in [5, 5.41) is 0. The molecule has 2 aliphatic carbocycles. The van der Waals surface area contributed by atoms with E-state index >= 15 is 0 Å². The zero-order valence-electron chi connectivity index (χ0n) is 18.4. The first kappa shape index (κ1) is 23.5. The van der Waals surface area contributed by atoms with Gasteiger partial charge in [-0.25, -0.2) is 0 Å². The molecule has 2 nitrogen and oxygen atoms in total. The van der Waals surface area contributed by atoms with Crippen LogP contribution < -0.4 is 0 Å². The van der Waals surface area contributed by atoms with Gasteiger partial charge in [0.25, 0.3) is 0 Å². The molecule has 0 spiro atoms. The lowest BCUT2D eigenvalue weighted by Crippen LogP contribution is -2.22. The Morgan fingerprint density at radius 1 is 0.846 bits per heavy atom. The third-order valence-corrected chi connectivity index (χ3v) is 6.61. The van der Waals surface area contributed by atoms with Crippen LogP contribution >= 0.6 is 0 Å². The van der Waals surface area contributed by atoms with Gasteiger partial charge in [0.2, 0.25) is 0 Å². The Balaban J connectivity index is 0.000000273. The predicted octanol–water partition coefficient (Wildman–Crippen LogP) is 7.55. The molecule has 154 valence electrons. The summed E-state index contributed by atoms with van der Waals surface area (Å²) in [4.78, 5) is 10.6. The zero-order chi connectivity index (χ0) is 19.4. The average molecular weight is 367 g/mol. The summed E-state index contributed by atoms with van der Waals surface area (Å²) >= 11 is 0. The fourth-order valence-electron chi connectivity index (χ4n) is 4.79. The molecular formula is C24H46O2. The van der Waals surface area contributed by atoms with E-state index in [4.69, 9.17) is 4.74 Å². The molecule has 0 aromatic carbocycles. The van der Waals surface area contributed by atoms with E-state index in [1.807, 2.05) is 0 Å². The number of hydrogen-bond acceptors (Lipinski definition) is 2. The summed E-state index contributed by atoms with van der Waals surface area (Å²) < 4.78 is 5.10. The second-order valence-electron chi connectivity index (χ2n) is 9.20. The van der Waals surface area contributed by atoms with Crippen molar-refractivity contribution in [2.75, 3.05) is 0 Å². The van der Waals surface area contributed by atoms with Gasteiger partial charge in [-0.15, -0.1) is 0 Å². The quantitative estimate of drug-likeness (QED) is 0.435.